The fraction of sp³-hybridized carbons (Fsp3) is 0.400. The van der Waals surface area contributed by atoms with Crippen molar-refractivity contribution in [3.63, 3.8) is 0 Å². The molecule has 0 bridgehead atoms. The Morgan fingerprint density at radius 2 is 1.87 bits per heavy atom. The third kappa shape index (κ3) is 2.28. The lowest BCUT2D eigenvalue weighted by atomic mass is 9.75. The van der Waals surface area contributed by atoms with E-state index in [0.29, 0.717) is 0 Å². The van der Waals surface area contributed by atoms with Gasteiger partial charge in [-0.1, -0.05) is 43.3 Å². The summed E-state index contributed by atoms with van der Waals surface area (Å²) in [4.78, 5) is 43.6. The van der Waals surface area contributed by atoms with E-state index in [2.05, 4.69) is 18.3 Å². The molecule has 0 aromatic heterocycles. The molecule has 2 aromatic rings. The number of quaternary nitrogens is 1. The van der Waals surface area contributed by atoms with Crippen LogP contribution < -0.4 is 10.2 Å². The zero-order valence-corrected chi connectivity index (χ0v) is 17.6. The van der Waals surface area contributed by atoms with Gasteiger partial charge >= 0.3 is 0 Å². The van der Waals surface area contributed by atoms with Gasteiger partial charge in [0.2, 0.25) is 17.4 Å². The molecular formula is C25H26N3O3+. The number of fused-ring (bicyclic) bond motifs is 7. The molecule has 1 unspecified atom stereocenters. The molecule has 3 saturated heterocycles. The Morgan fingerprint density at radius 1 is 1.06 bits per heavy atom. The minimum atomic E-state index is -0.996. The zero-order valence-electron chi connectivity index (χ0n) is 17.6. The predicted molar refractivity (Wildman–Crippen MR) is 114 cm³/mol. The van der Waals surface area contributed by atoms with Gasteiger partial charge in [0.05, 0.1) is 18.8 Å². The van der Waals surface area contributed by atoms with Crippen molar-refractivity contribution in [1.29, 1.82) is 0 Å². The Labute approximate surface area is 181 Å². The number of carbonyl (C=O) groups is 3. The second-order valence-electron chi connectivity index (χ2n) is 9.27. The second kappa shape index (κ2) is 6.50. The van der Waals surface area contributed by atoms with Crippen molar-refractivity contribution in [2.75, 3.05) is 11.9 Å². The fourth-order valence-corrected chi connectivity index (χ4v) is 6.71. The first kappa shape index (κ1) is 18.8. The van der Waals surface area contributed by atoms with Crippen LogP contribution in [0.15, 0.2) is 48.5 Å². The average Bonchev–Trinajstić information content (AvgIpc) is 3.49. The zero-order chi connectivity index (χ0) is 21.3. The number of nitrogens with one attached hydrogen (secondary N) is 2. The van der Waals surface area contributed by atoms with Gasteiger partial charge in [-0.3, -0.25) is 19.3 Å². The van der Waals surface area contributed by atoms with Crippen LogP contribution in [0.5, 0.6) is 0 Å². The largest absolute Gasteiger partial charge is 0.320 e. The summed E-state index contributed by atoms with van der Waals surface area (Å²) < 4.78 is 0. The highest BCUT2D eigenvalue weighted by molar-refractivity contribution is 6.14. The van der Waals surface area contributed by atoms with Gasteiger partial charge in [0.1, 0.15) is 17.9 Å². The van der Waals surface area contributed by atoms with E-state index in [1.165, 1.54) is 4.90 Å². The van der Waals surface area contributed by atoms with Crippen molar-refractivity contribution in [1.82, 2.24) is 4.90 Å². The third-order valence-electron chi connectivity index (χ3n) is 7.96. The van der Waals surface area contributed by atoms with Gasteiger partial charge in [-0.05, 0) is 29.7 Å². The van der Waals surface area contributed by atoms with Gasteiger partial charge in [-0.2, -0.15) is 0 Å². The minimum absolute atomic E-state index is 0.0178. The standard InChI is InChI=1S/C25H25N3O3/c1-2-15-10-11-18-17(13-15)25(24(31)26-18)21-20(19-9-6-12-28(19)25)22(29)27(23(21)30)14-16-7-4-3-5-8-16/h3-5,7-8,10-11,13,19-21H,2,6,9,12,14H2,1H3,(H,26,31)/p+1/t19-,20+,21-,25+/m0/s1. The lowest BCUT2D eigenvalue weighted by Crippen LogP contribution is -3.19. The summed E-state index contributed by atoms with van der Waals surface area (Å²) in [5, 5.41) is 3.06. The van der Waals surface area contributed by atoms with Crippen LogP contribution in [0, 0.1) is 11.8 Å². The Kier molecular flexibility index (Phi) is 3.93. The van der Waals surface area contributed by atoms with Crippen molar-refractivity contribution >= 4 is 23.4 Å². The molecule has 2 N–H and O–H groups in total. The molecule has 6 heteroatoms. The molecule has 4 heterocycles. The van der Waals surface area contributed by atoms with Crippen molar-refractivity contribution in [3.8, 4) is 0 Å². The number of likely N-dealkylation sites (tertiary alicyclic amines) is 1. The molecule has 6 nitrogen and oxygen atoms in total. The van der Waals surface area contributed by atoms with Crippen molar-refractivity contribution in [3.05, 3.63) is 65.2 Å². The average molecular weight is 417 g/mol. The summed E-state index contributed by atoms with van der Waals surface area (Å²) in [6.07, 6.45) is 2.71. The molecule has 158 valence electrons. The number of rotatable bonds is 3. The van der Waals surface area contributed by atoms with E-state index >= 15 is 0 Å². The van der Waals surface area contributed by atoms with E-state index in [0.717, 1.165) is 53.1 Å². The predicted octanol–water partition coefficient (Wildman–Crippen LogP) is 1.26. The van der Waals surface area contributed by atoms with Gasteiger partial charge < -0.3 is 10.2 Å². The van der Waals surface area contributed by atoms with Crippen molar-refractivity contribution < 1.29 is 19.3 Å². The summed E-state index contributed by atoms with van der Waals surface area (Å²) in [6.45, 7) is 3.18. The Bertz CT molecular complexity index is 1110. The first-order valence-corrected chi connectivity index (χ1v) is 11.3. The first-order valence-electron chi connectivity index (χ1n) is 11.3. The van der Waals surface area contributed by atoms with Crippen LogP contribution in [0.3, 0.4) is 0 Å². The molecule has 1 spiro atoms. The maximum Gasteiger partial charge on any atom is 0.291 e. The number of nitrogens with zero attached hydrogens (tertiary/aromatic N) is 1. The van der Waals surface area contributed by atoms with E-state index < -0.39 is 17.4 Å². The molecule has 0 saturated carbocycles. The number of hydrogen-bond donors (Lipinski definition) is 2. The molecule has 4 aliphatic heterocycles. The lowest BCUT2D eigenvalue weighted by Gasteiger charge is -2.33. The molecule has 31 heavy (non-hydrogen) atoms. The van der Waals surface area contributed by atoms with Crippen LogP contribution in [0.2, 0.25) is 0 Å². The molecule has 6 rings (SSSR count). The van der Waals surface area contributed by atoms with Crippen molar-refractivity contribution in [2.24, 2.45) is 11.8 Å². The van der Waals surface area contributed by atoms with Gasteiger partial charge in [0.25, 0.3) is 5.91 Å². The molecule has 0 radical (unpaired) electrons. The topological polar surface area (TPSA) is 70.9 Å². The molecule has 0 aliphatic carbocycles. The Hall–Kier alpha value is -2.99. The molecule has 4 aliphatic rings. The summed E-state index contributed by atoms with van der Waals surface area (Å²) in [5.74, 6) is -1.46. The first-order chi connectivity index (χ1) is 15.1. The molecular weight excluding hydrogens is 390 g/mol. The monoisotopic (exact) mass is 416 g/mol. The maximum absolute atomic E-state index is 13.8. The summed E-state index contributed by atoms with van der Waals surface area (Å²) in [5.41, 5.74) is 2.78. The lowest BCUT2D eigenvalue weighted by molar-refractivity contribution is -0.948. The number of carbonyl (C=O) groups excluding carboxylic acids is 3. The molecule has 5 atom stereocenters. The Morgan fingerprint density at radius 3 is 2.65 bits per heavy atom. The SMILES string of the molecule is CCc1ccc2c(c1)[C@]1(C(=O)N2)[C@@H]2C(=O)N(Cc3ccccc3)C(=O)[C@@H]2[C@@H]2CCC[NH+]21. The number of aryl methyl sites for hydroxylation is 1. The number of benzene rings is 2. The number of imide groups is 1. The van der Waals surface area contributed by atoms with Crippen LogP contribution in [0.1, 0.15) is 36.5 Å². The van der Waals surface area contributed by atoms with Crippen LogP contribution in [-0.4, -0.2) is 35.2 Å². The van der Waals surface area contributed by atoms with Gasteiger partial charge in [-0.25, -0.2) is 0 Å². The quantitative estimate of drug-likeness (QED) is 0.740. The number of amides is 3. The maximum atomic E-state index is 13.8. The van der Waals surface area contributed by atoms with Crippen molar-refractivity contribution in [2.45, 2.75) is 44.3 Å². The van der Waals surface area contributed by atoms with E-state index in [1.807, 2.05) is 42.5 Å². The van der Waals surface area contributed by atoms with Crippen LogP contribution in [-0.2, 0) is 32.9 Å². The molecule has 2 aromatic carbocycles. The summed E-state index contributed by atoms with van der Waals surface area (Å²) in [6, 6.07) is 15.7. The fourth-order valence-electron chi connectivity index (χ4n) is 6.71. The molecule has 3 amide bonds. The second-order valence-corrected chi connectivity index (χ2v) is 9.27. The van der Waals surface area contributed by atoms with Crippen LogP contribution in [0.4, 0.5) is 5.69 Å². The normalized spacial score (nSPS) is 33.1. The summed E-state index contributed by atoms with van der Waals surface area (Å²) >= 11 is 0. The number of hydrogen-bond acceptors (Lipinski definition) is 3. The highest BCUT2D eigenvalue weighted by Crippen LogP contribution is 2.52. The summed E-state index contributed by atoms with van der Waals surface area (Å²) in [7, 11) is 0. The van der Waals surface area contributed by atoms with Gasteiger partial charge in [0.15, 0.2) is 0 Å². The van der Waals surface area contributed by atoms with Crippen LogP contribution in [0.25, 0.3) is 0 Å². The van der Waals surface area contributed by atoms with E-state index in [-0.39, 0.29) is 30.3 Å². The van der Waals surface area contributed by atoms with Gasteiger partial charge in [-0.15, -0.1) is 0 Å². The number of anilines is 1. The van der Waals surface area contributed by atoms with E-state index in [1.54, 1.807) is 0 Å². The highest BCUT2D eigenvalue weighted by Gasteiger charge is 2.78. The third-order valence-corrected chi connectivity index (χ3v) is 7.96. The highest BCUT2D eigenvalue weighted by atomic mass is 16.2. The minimum Gasteiger partial charge on any atom is -0.320 e. The Balaban J connectivity index is 1.50. The van der Waals surface area contributed by atoms with E-state index in [4.69, 9.17) is 0 Å². The van der Waals surface area contributed by atoms with Gasteiger partial charge in [0, 0.05) is 18.4 Å². The smallest absolute Gasteiger partial charge is 0.291 e. The molecule has 3 fully saturated rings. The van der Waals surface area contributed by atoms with E-state index in [9.17, 15) is 14.4 Å². The van der Waals surface area contributed by atoms with Crippen LogP contribution >= 0.6 is 0 Å².